The van der Waals surface area contributed by atoms with Gasteiger partial charge < -0.3 is 9.64 Å². The summed E-state index contributed by atoms with van der Waals surface area (Å²) in [5, 5.41) is 8.46. The topological polar surface area (TPSA) is 75.6 Å². The summed E-state index contributed by atoms with van der Waals surface area (Å²) in [5.74, 6) is 0.425. The SMILES string of the molecule is O=S(=O)(c1ccccc1OC(F)(F)F)N1CCN(c2ccc(C3CC3)nn2)CC1. The summed E-state index contributed by atoms with van der Waals surface area (Å²) in [6.45, 7) is 0.960. The first-order valence-electron chi connectivity index (χ1n) is 9.17. The van der Waals surface area contributed by atoms with Crippen LogP contribution in [0, 0.1) is 0 Å². The van der Waals surface area contributed by atoms with Gasteiger partial charge in [-0.3, -0.25) is 0 Å². The Balaban J connectivity index is 1.46. The molecule has 2 heterocycles. The molecule has 1 saturated carbocycles. The van der Waals surface area contributed by atoms with E-state index in [1.54, 1.807) is 0 Å². The number of nitrogens with zero attached hydrogens (tertiary/aromatic N) is 4. The molecule has 0 radical (unpaired) electrons. The third-order valence-corrected chi connectivity index (χ3v) is 6.86. The van der Waals surface area contributed by atoms with Crippen LogP contribution in [0.4, 0.5) is 19.0 Å². The summed E-state index contributed by atoms with van der Waals surface area (Å²) in [5.41, 5.74) is 0.969. The minimum atomic E-state index is -4.98. The first-order chi connectivity index (χ1) is 13.7. The van der Waals surface area contributed by atoms with Crippen molar-refractivity contribution in [3.05, 3.63) is 42.1 Å². The van der Waals surface area contributed by atoms with Crippen LogP contribution < -0.4 is 9.64 Å². The lowest BCUT2D eigenvalue weighted by Crippen LogP contribution is -2.49. The lowest BCUT2D eigenvalue weighted by molar-refractivity contribution is -0.275. The van der Waals surface area contributed by atoms with E-state index in [-0.39, 0.29) is 13.1 Å². The number of rotatable bonds is 5. The average molecular weight is 428 g/mol. The minimum absolute atomic E-state index is 0.120. The zero-order valence-electron chi connectivity index (χ0n) is 15.3. The molecule has 156 valence electrons. The Morgan fingerprint density at radius 1 is 0.966 bits per heavy atom. The van der Waals surface area contributed by atoms with E-state index in [0.29, 0.717) is 24.8 Å². The van der Waals surface area contributed by atoms with Crippen molar-refractivity contribution in [3.63, 3.8) is 0 Å². The van der Waals surface area contributed by atoms with E-state index >= 15 is 0 Å². The van der Waals surface area contributed by atoms with Crippen LogP contribution in [0.25, 0.3) is 0 Å². The zero-order chi connectivity index (χ0) is 20.6. The summed E-state index contributed by atoms with van der Waals surface area (Å²) in [7, 11) is -4.13. The molecule has 0 atom stereocenters. The molecule has 0 bridgehead atoms. The standard InChI is InChI=1S/C18H19F3N4O3S/c19-18(20,21)28-15-3-1-2-4-16(15)29(26,27)25-11-9-24(10-12-25)17-8-7-14(22-23-17)13-5-6-13/h1-4,7-8,13H,5-6,9-12H2. The van der Waals surface area contributed by atoms with Crippen molar-refractivity contribution in [1.29, 1.82) is 0 Å². The highest BCUT2D eigenvalue weighted by molar-refractivity contribution is 7.89. The Morgan fingerprint density at radius 2 is 1.66 bits per heavy atom. The lowest BCUT2D eigenvalue weighted by Gasteiger charge is -2.34. The van der Waals surface area contributed by atoms with E-state index in [0.717, 1.165) is 35.0 Å². The fourth-order valence-corrected chi connectivity index (χ4v) is 4.81. The highest BCUT2D eigenvalue weighted by Gasteiger charge is 2.36. The predicted octanol–water partition coefficient (Wildman–Crippen LogP) is 2.76. The van der Waals surface area contributed by atoms with Gasteiger partial charge in [-0.05, 0) is 37.1 Å². The molecule has 0 unspecified atom stereocenters. The normalized spacial score (nSPS) is 18.7. The number of halogens is 3. The Bertz CT molecular complexity index is 971. The van der Waals surface area contributed by atoms with Crippen LogP contribution in [0.15, 0.2) is 41.3 Å². The molecule has 4 rings (SSSR count). The van der Waals surface area contributed by atoms with Gasteiger partial charge in [0.15, 0.2) is 5.82 Å². The Hall–Kier alpha value is -2.40. The summed E-state index contributed by atoms with van der Waals surface area (Å²) in [4.78, 5) is 1.41. The van der Waals surface area contributed by atoms with Crippen LogP contribution in [0.1, 0.15) is 24.5 Å². The average Bonchev–Trinajstić information content (AvgIpc) is 3.53. The summed E-state index contributed by atoms with van der Waals surface area (Å²) in [6, 6.07) is 8.58. The third kappa shape index (κ3) is 4.45. The second kappa shape index (κ2) is 7.45. The van der Waals surface area contributed by atoms with Crippen LogP contribution in [0.2, 0.25) is 0 Å². The molecule has 11 heteroatoms. The molecule has 29 heavy (non-hydrogen) atoms. The van der Waals surface area contributed by atoms with Crippen molar-refractivity contribution in [2.75, 3.05) is 31.1 Å². The molecule has 0 spiro atoms. The molecule has 0 amide bonds. The molecule has 1 aromatic carbocycles. The Labute approximate surface area is 166 Å². The number of aromatic nitrogens is 2. The molecule has 0 N–H and O–H groups in total. The molecule has 2 fully saturated rings. The van der Waals surface area contributed by atoms with Gasteiger partial charge in [0.25, 0.3) is 0 Å². The second-order valence-corrected chi connectivity index (χ2v) is 8.88. The Morgan fingerprint density at radius 3 is 2.24 bits per heavy atom. The van der Waals surface area contributed by atoms with Gasteiger partial charge in [-0.2, -0.15) is 9.40 Å². The van der Waals surface area contributed by atoms with Gasteiger partial charge >= 0.3 is 6.36 Å². The van der Waals surface area contributed by atoms with Crippen molar-refractivity contribution < 1.29 is 26.3 Å². The number of hydrogen-bond donors (Lipinski definition) is 0. The molecular weight excluding hydrogens is 409 g/mol. The fraction of sp³-hybridized carbons (Fsp3) is 0.444. The zero-order valence-corrected chi connectivity index (χ0v) is 16.2. The monoisotopic (exact) mass is 428 g/mol. The third-order valence-electron chi connectivity index (χ3n) is 4.92. The van der Waals surface area contributed by atoms with E-state index in [2.05, 4.69) is 14.9 Å². The maximum Gasteiger partial charge on any atom is 0.573 e. The van der Waals surface area contributed by atoms with Crippen molar-refractivity contribution in [2.24, 2.45) is 0 Å². The van der Waals surface area contributed by atoms with E-state index in [4.69, 9.17) is 0 Å². The second-order valence-electron chi connectivity index (χ2n) is 6.98. The van der Waals surface area contributed by atoms with Crippen molar-refractivity contribution in [2.45, 2.75) is 30.0 Å². The number of ether oxygens (including phenoxy) is 1. The molecule has 7 nitrogen and oxygen atoms in total. The number of piperazine rings is 1. The van der Waals surface area contributed by atoms with Gasteiger partial charge in [0.05, 0.1) is 5.69 Å². The molecule has 1 saturated heterocycles. The number of alkyl halides is 3. The van der Waals surface area contributed by atoms with Gasteiger partial charge in [0.2, 0.25) is 10.0 Å². The van der Waals surface area contributed by atoms with Crippen molar-refractivity contribution >= 4 is 15.8 Å². The van der Waals surface area contributed by atoms with Crippen LogP contribution >= 0.6 is 0 Å². The van der Waals surface area contributed by atoms with Crippen molar-refractivity contribution in [3.8, 4) is 5.75 Å². The highest BCUT2D eigenvalue weighted by atomic mass is 32.2. The highest BCUT2D eigenvalue weighted by Crippen LogP contribution is 2.38. The largest absolute Gasteiger partial charge is 0.573 e. The maximum absolute atomic E-state index is 12.9. The van der Waals surface area contributed by atoms with Gasteiger partial charge in [-0.25, -0.2) is 8.42 Å². The van der Waals surface area contributed by atoms with Gasteiger partial charge in [-0.15, -0.1) is 18.3 Å². The van der Waals surface area contributed by atoms with Crippen LogP contribution in [0.5, 0.6) is 5.75 Å². The molecule has 2 aromatic rings. The van der Waals surface area contributed by atoms with E-state index < -0.39 is 27.0 Å². The van der Waals surface area contributed by atoms with Gasteiger partial charge in [-0.1, -0.05) is 12.1 Å². The van der Waals surface area contributed by atoms with Crippen LogP contribution in [-0.2, 0) is 10.0 Å². The van der Waals surface area contributed by atoms with E-state index in [1.165, 1.54) is 12.1 Å². The van der Waals surface area contributed by atoms with Gasteiger partial charge in [0.1, 0.15) is 10.6 Å². The summed E-state index contributed by atoms with van der Waals surface area (Å²) >= 11 is 0. The molecule has 1 aliphatic carbocycles. The summed E-state index contributed by atoms with van der Waals surface area (Å²) < 4.78 is 68.7. The number of hydrogen-bond acceptors (Lipinski definition) is 6. The molecule has 1 aliphatic heterocycles. The number of benzene rings is 1. The fourth-order valence-electron chi connectivity index (χ4n) is 3.27. The van der Waals surface area contributed by atoms with Gasteiger partial charge in [0, 0.05) is 32.1 Å². The van der Waals surface area contributed by atoms with Crippen LogP contribution in [0.3, 0.4) is 0 Å². The minimum Gasteiger partial charge on any atom is -0.404 e. The first-order valence-corrected chi connectivity index (χ1v) is 10.6. The van der Waals surface area contributed by atoms with E-state index in [9.17, 15) is 21.6 Å². The van der Waals surface area contributed by atoms with E-state index in [1.807, 2.05) is 17.0 Å². The number of para-hydroxylation sites is 1. The Kier molecular flexibility index (Phi) is 5.11. The number of sulfonamides is 1. The van der Waals surface area contributed by atoms with Crippen molar-refractivity contribution in [1.82, 2.24) is 14.5 Å². The first kappa shape index (κ1) is 19.9. The number of anilines is 1. The maximum atomic E-state index is 12.9. The molecule has 1 aromatic heterocycles. The lowest BCUT2D eigenvalue weighted by atomic mass is 10.2. The predicted molar refractivity (Wildman–Crippen MR) is 98.1 cm³/mol. The van der Waals surface area contributed by atoms with Crippen LogP contribution in [-0.4, -0.2) is 55.5 Å². The molecule has 2 aliphatic rings. The smallest absolute Gasteiger partial charge is 0.404 e. The quantitative estimate of drug-likeness (QED) is 0.729. The molecular formula is C18H19F3N4O3S. The summed E-state index contributed by atoms with van der Waals surface area (Å²) in [6.07, 6.45) is -2.72.